The molecule has 1 rings (SSSR count). The van der Waals surface area contributed by atoms with Crippen molar-refractivity contribution in [2.75, 3.05) is 0 Å². The fourth-order valence-corrected chi connectivity index (χ4v) is 2.58. The first-order chi connectivity index (χ1) is 7.95. The standard InChI is InChI=1S/C14H25NOS/c1-6-12(15)14(16-11(5)9(2)3)13-8-7-10(4)17-13/h7-9,11-12,14H,6,15H2,1-5H3. The quantitative estimate of drug-likeness (QED) is 0.837. The third kappa shape index (κ3) is 4.09. The minimum absolute atomic E-state index is 0.0381. The molecule has 0 spiro atoms. The van der Waals surface area contributed by atoms with Gasteiger partial charge >= 0.3 is 0 Å². The predicted octanol–water partition coefficient (Wildman–Crippen LogP) is 3.90. The number of aryl methyl sites for hydroxylation is 1. The van der Waals surface area contributed by atoms with Gasteiger partial charge in [0, 0.05) is 15.8 Å². The fourth-order valence-electron chi connectivity index (χ4n) is 1.59. The highest BCUT2D eigenvalue weighted by atomic mass is 32.1. The molecule has 98 valence electrons. The van der Waals surface area contributed by atoms with E-state index in [9.17, 15) is 0 Å². The van der Waals surface area contributed by atoms with Crippen molar-refractivity contribution in [2.24, 2.45) is 11.7 Å². The molecular formula is C14H25NOS. The molecule has 0 aliphatic rings. The highest BCUT2D eigenvalue weighted by molar-refractivity contribution is 7.12. The summed E-state index contributed by atoms with van der Waals surface area (Å²) in [7, 11) is 0. The molecule has 3 heteroatoms. The van der Waals surface area contributed by atoms with Crippen LogP contribution in [0, 0.1) is 12.8 Å². The van der Waals surface area contributed by atoms with E-state index in [2.05, 4.69) is 46.8 Å². The Morgan fingerprint density at radius 3 is 2.35 bits per heavy atom. The molecule has 0 radical (unpaired) electrons. The van der Waals surface area contributed by atoms with E-state index < -0.39 is 0 Å². The van der Waals surface area contributed by atoms with Crippen molar-refractivity contribution in [3.63, 3.8) is 0 Å². The van der Waals surface area contributed by atoms with Gasteiger partial charge in [0.1, 0.15) is 6.10 Å². The zero-order chi connectivity index (χ0) is 13.0. The Morgan fingerprint density at radius 1 is 1.29 bits per heavy atom. The van der Waals surface area contributed by atoms with Crippen LogP contribution in [-0.4, -0.2) is 12.1 Å². The van der Waals surface area contributed by atoms with Crippen LogP contribution in [0.4, 0.5) is 0 Å². The molecule has 17 heavy (non-hydrogen) atoms. The summed E-state index contributed by atoms with van der Waals surface area (Å²) in [5, 5.41) is 0. The van der Waals surface area contributed by atoms with Crippen molar-refractivity contribution in [3.05, 3.63) is 21.9 Å². The average molecular weight is 255 g/mol. The SMILES string of the molecule is CCC(N)C(OC(C)C(C)C)c1ccc(C)s1. The van der Waals surface area contributed by atoms with Gasteiger partial charge in [0.2, 0.25) is 0 Å². The molecule has 3 unspecified atom stereocenters. The lowest BCUT2D eigenvalue weighted by Gasteiger charge is -2.28. The van der Waals surface area contributed by atoms with Crippen LogP contribution >= 0.6 is 11.3 Å². The van der Waals surface area contributed by atoms with Crippen molar-refractivity contribution < 1.29 is 4.74 Å². The average Bonchev–Trinajstić information content (AvgIpc) is 2.70. The molecular weight excluding hydrogens is 230 g/mol. The molecule has 0 aromatic carbocycles. The summed E-state index contributed by atoms with van der Waals surface area (Å²) in [4.78, 5) is 2.57. The molecule has 0 saturated carbocycles. The zero-order valence-electron chi connectivity index (χ0n) is 11.6. The number of rotatable bonds is 6. The molecule has 0 amide bonds. The van der Waals surface area contributed by atoms with Crippen LogP contribution in [0.1, 0.15) is 50.0 Å². The van der Waals surface area contributed by atoms with Crippen LogP contribution in [0.2, 0.25) is 0 Å². The minimum atomic E-state index is 0.0381. The lowest BCUT2D eigenvalue weighted by atomic mass is 10.1. The number of hydrogen-bond acceptors (Lipinski definition) is 3. The summed E-state index contributed by atoms with van der Waals surface area (Å²) in [5.74, 6) is 0.516. The van der Waals surface area contributed by atoms with Gasteiger partial charge in [-0.25, -0.2) is 0 Å². The normalized spacial score (nSPS) is 17.1. The van der Waals surface area contributed by atoms with Gasteiger partial charge in [-0.15, -0.1) is 11.3 Å². The van der Waals surface area contributed by atoms with Crippen LogP contribution in [0.25, 0.3) is 0 Å². The van der Waals surface area contributed by atoms with Crippen molar-refractivity contribution in [1.82, 2.24) is 0 Å². The molecule has 0 saturated heterocycles. The Labute approximate surface area is 109 Å². The minimum Gasteiger partial charge on any atom is -0.368 e. The second kappa shape index (κ2) is 6.53. The molecule has 2 N–H and O–H groups in total. The Bertz CT molecular complexity index is 335. The largest absolute Gasteiger partial charge is 0.368 e. The van der Waals surface area contributed by atoms with E-state index in [1.165, 1.54) is 9.75 Å². The van der Waals surface area contributed by atoms with Crippen LogP contribution in [0.5, 0.6) is 0 Å². The molecule has 1 heterocycles. The van der Waals surface area contributed by atoms with Gasteiger partial charge in [-0.3, -0.25) is 0 Å². The summed E-state index contributed by atoms with van der Waals surface area (Å²) in [6.45, 7) is 10.7. The fraction of sp³-hybridized carbons (Fsp3) is 0.714. The van der Waals surface area contributed by atoms with Gasteiger partial charge < -0.3 is 10.5 Å². The lowest BCUT2D eigenvalue weighted by molar-refractivity contribution is -0.0377. The monoisotopic (exact) mass is 255 g/mol. The Morgan fingerprint density at radius 2 is 1.94 bits per heavy atom. The van der Waals surface area contributed by atoms with Gasteiger partial charge in [0.25, 0.3) is 0 Å². The third-order valence-corrected chi connectivity index (χ3v) is 4.26. The molecule has 1 aromatic rings. The van der Waals surface area contributed by atoms with E-state index in [1.807, 2.05) is 0 Å². The summed E-state index contributed by atoms with van der Waals surface area (Å²) >= 11 is 1.79. The summed E-state index contributed by atoms with van der Waals surface area (Å²) in [6.07, 6.45) is 1.21. The van der Waals surface area contributed by atoms with Gasteiger partial charge in [-0.05, 0) is 38.3 Å². The van der Waals surface area contributed by atoms with Gasteiger partial charge in [-0.1, -0.05) is 20.8 Å². The van der Waals surface area contributed by atoms with E-state index >= 15 is 0 Å². The van der Waals surface area contributed by atoms with E-state index in [4.69, 9.17) is 10.5 Å². The molecule has 0 fully saturated rings. The second-order valence-electron chi connectivity index (χ2n) is 5.03. The highest BCUT2D eigenvalue weighted by Crippen LogP contribution is 2.30. The van der Waals surface area contributed by atoms with Crippen molar-refractivity contribution in [2.45, 2.75) is 59.3 Å². The van der Waals surface area contributed by atoms with E-state index in [0.29, 0.717) is 5.92 Å². The first-order valence-electron chi connectivity index (χ1n) is 6.43. The second-order valence-corrected chi connectivity index (χ2v) is 6.35. The maximum atomic E-state index is 6.19. The number of nitrogens with two attached hydrogens (primary N) is 1. The molecule has 0 aliphatic carbocycles. The van der Waals surface area contributed by atoms with Crippen molar-refractivity contribution in [1.29, 1.82) is 0 Å². The molecule has 2 nitrogen and oxygen atoms in total. The van der Waals surface area contributed by atoms with Gasteiger partial charge in [-0.2, -0.15) is 0 Å². The first-order valence-corrected chi connectivity index (χ1v) is 7.24. The smallest absolute Gasteiger partial charge is 0.107 e. The maximum Gasteiger partial charge on any atom is 0.107 e. The van der Waals surface area contributed by atoms with Crippen molar-refractivity contribution >= 4 is 11.3 Å². The van der Waals surface area contributed by atoms with E-state index in [0.717, 1.165) is 6.42 Å². The number of thiophene rings is 1. The summed E-state index contributed by atoms with van der Waals surface area (Å²) in [6, 6.07) is 4.36. The molecule has 1 aromatic heterocycles. The number of hydrogen-bond donors (Lipinski definition) is 1. The number of ether oxygens (including phenoxy) is 1. The van der Waals surface area contributed by atoms with Crippen LogP contribution in [0.15, 0.2) is 12.1 Å². The van der Waals surface area contributed by atoms with Crippen LogP contribution in [0.3, 0.4) is 0 Å². The molecule has 3 atom stereocenters. The first kappa shape index (κ1) is 14.7. The van der Waals surface area contributed by atoms with E-state index in [1.54, 1.807) is 11.3 Å². The highest BCUT2D eigenvalue weighted by Gasteiger charge is 2.24. The Kier molecular flexibility index (Phi) is 5.63. The Balaban J connectivity index is 2.81. The topological polar surface area (TPSA) is 35.2 Å². The maximum absolute atomic E-state index is 6.19. The van der Waals surface area contributed by atoms with Crippen molar-refractivity contribution in [3.8, 4) is 0 Å². The zero-order valence-corrected chi connectivity index (χ0v) is 12.4. The Hall–Kier alpha value is -0.380. The predicted molar refractivity (Wildman–Crippen MR) is 75.4 cm³/mol. The van der Waals surface area contributed by atoms with Crippen LogP contribution in [-0.2, 0) is 4.74 Å². The summed E-state index contributed by atoms with van der Waals surface area (Å²) in [5.41, 5.74) is 6.19. The van der Waals surface area contributed by atoms with E-state index in [-0.39, 0.29) is 18.2 Å². The van der Waals surface area contributed by atoms with Gasteiger partial charge in [0.15, 0.2) is 0 Å². The summed E-state index contributed by atoms with van der Waals surface area (Å²) < 4.78 is 6.15. The third-order valence-electron chi connectivity index (χ3n) is 3.20. The molecule has 0 aliphatic heterocycles. The molecule has 0 bridgehead atoms. The van der Waals surface area contributed by atoms with Crippen LogP contribution < -0.4 is 5.73 Å². The van der Waals surface area contributed by atoms with Gasteiger partial charge in [0.05, 0.1) is 6.10 Å². The lowest BCUT2D eigenvalue weighted by Crippen LogP contribution is -2.32.